The third-order valence-electron chi connectivity index (χ3n) is 4.33. The zero-order chi connectivity index (χ0) is 16.9. The van der Waals surface area contributed by atoms with Crippen LogP contribution in [0.25, 0.3) is 0 Å². The first-order chi connectivity index (χ1) is 10.8. The predicted octanol–water partition coefficient (Wildman–Crippen LogP) is 0.506. The molecule has 7 nitrogen and oxygen atoms in total. The fraction of sp³-hybridized carbons (Fsp3) is 0.643. The highest BCUT2D eigenvalue weighted by atomic mass is 32.2. The first kappa shape index (κ1) is 16.7. The number of hydrogen-bond donors (Lipinski definition) is 2. The van der Waals surface area contributed by atoms with Crippen molar-refractivity contribution >= 4 is 41.3 Å². The minimum absolute atomic E-state index is 0.0211. The van der Waals surface area contributed by atoms with Crippen LogP contribution < -0.4 is 0 Å². The van der Waals surface area contributed by atoms with Crippen molar-refractivity contribution < 1.29 is 24.6 Å². The highest BCUT2D eigenvalue weighted by Gasteiger charge is 2.58. The number of amides is 2. The molecule has 2 saturated heterocycles. The molecular weight excluding hydrogens is 340 g/mol. The van der Waals surface area contributed by atoms with Crippen molar-refractivity contribution in [3.8, 4) is 0 Å². The smallest absolute Gasteiger partial charge is 0.354 e. The molecule has 0 bridgehead atoms. The summed E-state index contributed by atoms with van der Waals surface area (Å²) >= 11 is 2.76. The van der Waals surface area contributed by atoms with Crippen LogP contribution in [0.3, 0.4) is 0 Å². The first-order valence-electron chi connectivity index (χ1n) is 7.38. The number of aliphatic carboxylic acids is 1. The van der Waals surface area contributed by atoms with Crippen molar-refractivity contribution in [2.75, 3.05) is 13.1 Å². The van der Waals surface area contributed by atoms with Gasteiger partial charge in [0.2, 0.25) is 11.8 Å². The number of thioether (sulfide) groups is 2. The van der Waals surface area contributed by atoms with Crippen LogP contribution in [0.1, 0.15) is 20.3 Å². The molecule has 3 aliphatic rings. The van der Waals surface area contributed by atoms with E-state index in [1.807, 2.05) is 0 Å². The largest absolute Gasteiger partial charge is 0.477 e. The molecular formula is C14H18N2O5S2. The zero-order valence-electron chi connectivity index (χ0n) is 12.8. The summed E-state index contributed by atoms with van der Waals surface area (Å²) in [7, 11) is 0. The molecule has 3 rings (SSSR count). The summed E-state index contributed by atoms with van der Waals surface area (Å²) < 4.78 is 0.606. The molecule has 2 N–H and O–H groups in total. The van der Waals surface area contributed by atoms with Gasteiger partial charge in [0.05, 0.1) is 16.3 Å². The number of likely N-dealkylation sites (tertiary alicyclic amines) is 1. The summed E-state index contributed by atoms with van der Waals surface area (Å²) in [5.74, 6) is -1.99. The lowest BCUT2D eigenvalue weighted by Gasteiger charge is -2.43. The van der Waals surface area contributed by atoms with E-state index in [0.29, 0.717) is 17.3 Å². The Morgan fingerprint density at radius 3 is 2.65 bits per heavy atom. The molecule has 0 aromatic heterocycles. The van der Waals surface area contributed by atoms with E-state index in [1.54, 1.807) is 11.8 Å². The lowest BCUT2D eigenvalue weighted by atomic mass is 9.92. The molecule has 0 aromatic rings. The third-order valence-corrected chi connectivity index (χ3v) is 7.19. The molecule has 3 aliphatic heterocycles. The minimum Gasteiger partial charge on any atom is -0.477 e. The van der Waals surface area contributed by atoms with Gasteiger partial charge >= 0.3 is 5.97 Å². The van der Waals surface area contributed by atoms with Gasteiger partial charge in [-0.2, -0.15) is 0 Å². The predicted molar refractivity (Wildman–Crippen MR) is 86.3 cm³/mol. The van der Waals surface area contributed by atoms with E-state index in [2.05, 4.69) is 0 Å². The lowest BCUT2D eigenvalue weighted by molar-refractivity contribution is -0.156. The summed E-state index contributed by atoms with van der Waals surface area (Å²) in [6, 6.07) is 0. The Bertz CT molecular complexity index is 606. The Kier molecular flexibility index (Phi) is 4.37. The second-order valence-electron chi connectivity index (χ2n) is 5.92. The number of carboxylic acid groups (broad SMARTS) is 1. The number of aliphatic hydroxyl groups excluding tert-OH is 1. The Hall–Kier alpha value is -1.19. The van der Waals surface area contributed by atoms with Gasteiger partial charge in [0.15, 0.2) is 5.70 Å². The molecule has 126 valence electrons. The number of β-lactam (4-membered cyclic amide) rings is 1. The van der Waals surface area contributed by atoms with E-state index in [9.17, 15) is 24.6 Å². The van der Waals surface area contributed by atoms with Crippen molar-refractivity contribution in [2.24, 2.45) is 5.92 Å². The van der Waals surface area contributed by atoms with Gasteiger partial charge in [-0.25, -0.2) is 4.79 Å². The van der Waals surface area contributed by atoms with Gasteiger partial charge in [0, 0.05) is 25.3 Å². The molecule has 0 radical (unpaired) electrons. The second kappa shape index (κ2) is 6.03. The molecule has 9 heteroatoms. The van der Waals surface area contributed by atoms with Gasteiger partial charge < -0.3 is 15.1 Å². The Balaban J connectivity index is 1.75. The molecule has 0 aliphatic carbocycles. The molecule has 0 saturated carbocycles. The van der Waals surface area contributed by atoms with Crippen LogP contribution in [0.15, 0.2) is 9.93 Å². The van der Waals surface area contributed by atoms with E-state index in [1.165, 1.54) is 35.3 Å². The minimum atomic E-state index is -1.12. The summed E-state index contributed by atoms with van der Waals surface area (Å²) in [4.78, 5) is 38.1. The first-order valence-corrected chi connectivity index (χ1v) is 9.14. The van der Waals surface area contributed by atoms with E-state index < -0.39 is 18.0 Å². The van der Waals surface area contributed by atoms with Crippen LogP contribution in [0.2, 0.25) is 0 Å². The maximum absolute atomic E-state index is 12.1. The highest BCUT2D eigenvalue weighted by Crippen LogP contribution is 2.55. The number of fused-ring (bicyclic) bond motifs is 1. The summed E-state index contributed by atoms with van der Waals surface area (Å²) in [6.07, 6.45) is 0.00922. The van der Waals surface area contributed by atoms with Gasteiger partial charge in [0.25, 0.3) is 0 Å². The molecule has 23 heavy (non-hydrogen) atoms. The van der Waals surface area contributed by atoms with Crippen LogP contribution in [-0.2, 0) is 14.4 Å². The number of aliphatic hydroxyl groups is 1. The maximum Gasteiger partial charge on any atom is 0.354 e. The summed E-state index contributed by atoms with van der Waals surface area (Å²) in [5.41, 5.74) is 0.0215. The highest BCUT2D eigenvalue weighted by molar-refractivity contribution is 8.23. The topological polar surface area (TPSA) is 98.2 Å². The lowest BCUT2D eigenvalue weighted by Crippen LogP contribution is -2.60. The number of carbonyl (C=O) groups is 3. The van der Waals surface area contributed by atoms with Crippen molar-refractivity contribution in [1.82, 2.24) is 9.80 Å². The van der Waals surface area contributed by atoms with Gasteiger partial charge in [-0.05, 0) is 13.3 Å². The van der Waals surface area contributed by atoms with Gasteiger partial charge in [-0.15, -0.1) is 11.8 Å². The number of carbonyl (C=O) groups excluding carboxylic acids is 2. The molecule has 2 amide bonds. The average Bonchev–Trinajstić information content (AvgIpc) is 3.02. The maximum atomic E-state index is 12.1. The number of nitrogens with zero attached hydrogens (tertiary/aromatic N) is 2. The van der Waals surface area contributed by atoms with E-state index >= 15 is 0 Å². The van der Waals surface area contributed by atoms with Crippen LogP contribution in [0.5, 0.6) is 0 Å². The molecule has 3 heterocycles. The summed E-state index contributed by atoms with van der Waals surface area (Å²) in [5, 5.41) is 19.0. The monoisotopic (exact) mass is 358 g/mol. The molecule has 0 aromatic carbocycles. The zero-order valence-corrected chi connectivity index (χ0v) is 14.4. The van der Waals surface area contributed by atoms with Gasteiger partial charge in [-0.1, -0.05) is 11.8 Å². The number of rotatable bonds is 4. The molecule has 2 fully saturated rings. The third kappa shape index (κ3) is 2.74. The normalized spacial score (nSPS) is 31.3. The fourth-order valence-electron chi connectivity index (χ4n) is 3.09. The van der Waals surface area contributed by atoms with Crippen molar-refractivity contribution in [3.63, 3.8) is 0 Å². The van der Waals surface area contributed by atoms with Crippen LogP contribution in [0, 0.1) is 5.92 Å². The van der Waals surface area contributed by atoms with Crippen LogP contribution in [-0.4, -0.2) is 67.6 Å². The van der Waals surface area contributed by atoms with E-state index in [4.69, 9.17) is 0 Å². The van der Waals surface area contributed by atoms with E-state index in [0.717, 1.165) is 6.42 Å². The van der Waals surface area contributed by atoms with E-state index in [-0.39, 0.29) is 28.1 Å². The van der Waals surface area contributed by atoms with Crippen molar-refractivity contribution in [2.45, 2.75) is 37.0 Å². The van der Waals surface area contributed by atoms with Gasteiger partial charge in [0.1, 0.15) is 5.37 Å². The molecule has 0 spiro atoms. The van der Waals surface area contributed by atoms with Gasteiger partial charge in [-0.3, -0.25) is 14.5 Å². The Labute approximate surface area is 142 Å². The second-order valence-corrected chi connectivity index (χ2v) is 8.61. The molecule has 1 unspecified atom stereocenters. The number of carboxylic acids is 1. The van der Waals surface area contributed by atoms with Crippen LogP contribution >= 0.6 is 23.5 Å². The standard InChI is InChI=1S/C14H18N2O5S2/c1-6(17)9-11(19)16-10(13(20)21)14(23-12(9)16)22-8-3-4-15(5-8)7(2)18/h6,8-9,12,17H,3-5H2,1-2H3,(H,20,21)/t6-,8?,9+,12-/m1/s1. The SMILES string of the molecule is CC(=O)N1CCC(SC2=C(C(=O)O)N3C(=O)[C@H]([C@@H](C)O)[C@H]3S2)C1. The van der Waals surface area contributed by atoms with Crippen molar-refractivity contribution in [1.29, 1.82) is 0 Å². The molecule has 4 atom stereocenters. The Morgan fingerprint density at radius 2 is 2.13 bits per heavy atom. The summed E-state index contributed by atoms with van der Waals surface area (Å²) in [6.45, 7) is 4.34. The average molecular weight is 358 g/mol. The van der Waals surface area contributed by atoms with Crippen LogP contribution in [0.4, 0.5) is 0 Å². The fourth-order valence-corrected chi connectivity index (χ4v) is 6.42. The quantitative estimate of drug-likeness (QED) is 0.707. The number of hydrogen-bond acceptors (Lipinski definition) is 6. The Morgan fingerprint density at radius 1 is 1.43 bits per heavy atom. The van der Waals surface area contributed by atoms with Crippen molar-refractivity contribution in [3.05, 3.63) is 9.93 Å².